The largest absolute Gasteiger partial charge is 0.316 e. The van der Waals surface area contributed by atoms with E-state index in [9.17, 15) is 4.21 Å². The fraction of sp³-hybridized carbons (Fsp3) is 1.00. The predicted octanol–water partition coefficient (Wildman–Crippen LogP) is 1.82. The minimum absolute atomic E-state index is 0.447. The van der Waals surface area contributed by atoms with Crippen molar-refractivity contribution in [2.75, 3.05) is 7.05 Å². The Balaban J connectivity index is 1.95. The number of rotatable bonds is 3. The molecule has 14 heavy (non-hydrogen) atoms. The Morgan fingerprint density at radius 2 is 1.79 bits per heavy atom. The van der Waals surface area contributed by atoms with E-state index in [1.165, 1.54) is 44.9 Å². The molecule has 3 unspecified atom stereocenters. The van der Waals surface area contributed by atoms with E-state index >= 15 is 0 Å². The predicted molar refractivity (Wildman–Crippen MR) is 60.9 cm³/mol. The van der Waals surface area contributed by atoms with E-state index in [-0.39, 0.29) is 0 Å². The fourth-order valence-corrected chi connectivity index (χ4v) is 5.19. The number of hydrogen-bond donors (Lipinski definition) is 1. The standard InChI is InChI=1S/C11H21NOS/c1-12-10-7-4-8-11(10)14(13)9-5-2-3-6-9/h9-12H,2-8H2,1H3. The molecular formula is C11H21NOS. The summed E-state index contributed by atoms with van der Waals surface area (Å²) in [6.07, 6.45) is 8.67. The Hall–Kier alpha value is 0.110. The summed E-state index contributed by atoms with van der Waals surface area (Å²) in [7, 11) is 1.45. The van der Waals surface area contributed by atoms with Crippen LogP contribution in [-0.2, 0) is 10.8 Å². The van der Waals surface area contributed by atoms with Crippen LogP contribution in [0.3, 0.4) is 0 Å². The van der Waals surface area contributed by atoms with Gasteiger partial charge in [-0.25, -0.2) is 0 Å². The molecule has 2 fully saturated rings. The molecule has 0 aromatic heterocycles. The third-order valence-corrected chi connectivity index (χ3v) is 6.04. The first-order valence-electron chi connectivity index (χ1n) is 5.89. The zero-order valence-corrected chi connectivity index (χ0v) is 9.81. The molecule has 0 aromatic carbocycles. The Morgan fingerprint density at radius 3 is 2.43 bits per heavy atom. The maximum atomic E-state index is 12.3. The lowest BCUT2D eigenvalue weighted by molar-refractivity contribution is 0.571. The summed E-state index contributed by atoms with van der Waals surface area (Å²) in [4.78, 5) is 0. The van der Waals surface area contributed by atoms with Crippen molar-refractivity contribution in [1.29, 1.82) is 0 Å². The lowest BCUT2D eigenvalue weighted by Crippen LogP contribution is -2.38. The molecule has 0 aliphatic heterocycles. The Bertz CT molecular complexity index is 213. The maximum Gasteiger partial charge on any atom is 0.0503 e. The molecule has 2 aliphatic carbocycles. The van der Waals surface area contributed by atoms with Gasteiger partial charge in [-0.05, 0) is 32.7 Å². The molecule has 82 valence electrons. The van der Waals surface area contributed by atoms with Crippen molar-refractivity contribution in [1.82, 2.24) is 5.32 Å². The van der Waals surface area contributed by atoms with Crippen LogP contribution in [0, 0.1) is 0 Å². The van der Waals surface area contributed by atoms with Crippen LogP contribution in [0.1, 0.15) is 44.9 Å². The van der Waals surface area contributed by atoms with Gasteiger partial charge in [0, 0.05) is 22.1 Å². The van der Waals surface area contributed by atoms with Gasteiger partial charge in [0.2, 0.25) is 0 Å². The van der Waals surface area contributed by atoms with Gasteiger partial charge in [-0.3, -0.25) is 4.21 Å². The quantitative estimate of drug-likeness (QED) is 0.778. The summed E-state index contributed by atoms with van der Waals surface area (Å²) in [5.74, 6) is 0. The Kier molecular flexibility index (Phi) is 3.61. The lowest BCUT2D eigenvalue weighted by atomic mass is 10.2. The zero-order valence-electron chi connectivity index (χ0n) is 9.00. The van der Waals surface area contributed by atoms with Crippen molar-refractivity contribution in [3.05, 3.63) is 0 Å². The van der Waals surface area contributed by atoms with Crippen LogP contribution in [0.25, 0.3) is 0 Å². The number of hydrogen-bond acceptors (Lipinski definition) is 2. The topological polar surface area (TPSA) is 29.1 Å². The molecule has 0 aromatic rings. The van der Waals surface area contributed by atoms with Crippen LogP contribution >= 0.6 is 0 Å². The van der Waals surface area contributed by atoms with Crippen LogP contribution < -0.4 is 5.32 Å². The second-order valence-electron chi connectivity index (χ2n) is 4.60. The van der Waals surface area contributed by atoms with E-state index < -0.39 is 10.8 Å². The first-order chi connectivity index (χ1) is 6.83. The molecule has 2 nitrogen and oxygen atoms in total. The van der Waals surface area contributed by atoms with Crippen molar-refractivity contribution >= 4 is 10.8 Å². The minimum atomic E-state index is -0.563. The second kappa shape index (κ2) is 4.75. The smallest absolute Gasteiger partial charge is 0.0503 e. The van der Waals surface area contributed by atoms with Gasteiger partial charge in [0.05, 0.1) is 5.25 Å². The van der Waals surface area contributed by atoms with Gasteiger partial charge >= 0.3 is 0 Å². The van der Waals surface area contributed by atoms with Gasteiger partial charge in [-0.1, -0.05) is 19.3 Å². The lowest BCUT2D eigenvalue weighted by Gasteiger charge is -2.21. The summed E-state index contributed by atoms with van der Waals surface area (Å²) >= 11 is 0. The Labute approximate surface area is 89.3 Å². The molecule has 0 saturated heterocycles. The van der Waals surface area contributed by atoms with Crippen LogP contribution in [0.15, 0.2) is 0 Å². The summed E-state index contributed by atoms with van der Waals surface area (Å²) in [5.41, 5.74) is 0. The summed E-state index contributed by atoms with van der Waals surface area (Å²) < 4.78 is 12.3. The molecule has 3 heteroatoms. The van der Waals surface area contributed by atoms with Crippen LogP contribution in [0.4, 0.5) is 0 Å². The van der Waals surface area contributed by atoms with Crippen molar-refractivity contribution in [3.8, 4) is 0 Å². The summed E-state index contributed by atoms with van der Waals surface area (Å²) in [6, 6.07) is 0.524. The van der Waals surface area contributed by atoms with E-state index in [0.29, 0.717) is 16.5 Å². The average Bonchev–Trinajstić information content (AvgIpc) is 2.87. The molecule has 0 heterocycles. The summed E-state index contributed by atoms with van der Waals surface area (Å²) in [5, 5.41) is 4.29. The van der Waals surface area contributed by atoms with E-state index in [1.54, 1.807) is 0 Å². The van der Waals surface area contributed by atoms with Gasteiger partial charge in [-0.2, -0.15) is 0 Å². The molecule has 0 bridgehead atoms. The van der Waals surface area contributed by atoms with Crippen LogP contribution in [-0.4, -0.2) is 27.8 Å². The van der Waals surface area contributed by atoms with Gasteiger partial charge in [0.15, 0.2) is 0 Å². The molecule has 2 aliphatic rings. The third kappa shape index (κ3) is 2.03. The molecule has 2 saturated carbocycles. The SMILES string of the molecule is CNC1CCCC1S(=O)C1CCCC1. The second-order valence-corrected chi connectivity index (χ2v) is 6.53. The molecule has 0 radical (unpaired) electrons. The zero-order chi connectivity index (χ0) is 9.97. The van der Waals surface area contributed by atoms with Gasteiger partial charge in [0.25, 0.3) is 0 Å². The van der Waals surface area contributed by atoms with E-state index in [1.807, 2.05) is 7.05 Å². The van der Waals surface area contributed by atoms with Gasteiger partial charge in [-0.15, -0.1) is 0 Å². The van der Waals surface area contributed by atoms with E-state index in [4.69, 9.17) is 0 Å². The van der Waals surface area contributed by atoms with Crippen molar-refractivity contribution in [2.24, 2.45) is 0 Å². The third-order valence-electron chi connectivity index (χ3n) is 3.75. The number of nitrogens with one attached hydrogen (secondary N) is 1. The van der Waals surface area contributed by atoms with Crippen molar-refractivity contribution in [3.63, 3.8) is 0 Å². The van der Waals surface area contributed by atoms with Crippen LogP contribution in [0.2, 0.25) is 0 Å². The van der Waals surface area contributed by atoms with Gasteiger partial charge < -0.3 is 5.32 Å². The monoisotopic (exact) mass is 215 g/mol. The highest BCUT2D eigenvalue weighted by Gasteiger charge is 2.35. The molecule has 1 N–H and O–H groups in total. The minimum Gasteiger partial charge on any atom is -0.316 e. The van der Waals surface area contributed by atoms with Crippen LogP contribution in [0.5, 0.6) is 0 Å². The maximum absolute atomic E-state index is 12.3. The Morgan fingerprint density at radius 1 is 1.07 bits per heavy atom. The van der Waals surface area contributed by atoms with Crippen molar-refractivity contribution in [2.45, 2.75) is 61.5 Å². The first kappa shape index (κ1) is 10.6. The highest BCUT2D eigenvalue weighted by Crippen LogP contribution is 2.31. The fourth-order valence-electron chi connectivity index (χ4n) is 2.90. The van der Waals surface area contributed by atoms with E-state index in [2.05, 4.69) is 5.32 Å². The van der Waals surface area contributed by atoms with Crippen molar-refractivity contribution < 1.29 is 4.21 Å². The molecular weight excluding hydrogens is 194 g/mol. The highest BCUT2D eigenvalue weighted by atomic mass is 32.2. The highest BCUT2D eigenvalue weighted by molar-refractivity contribution is 7.86. The first-order valence-corrected chi connectivity index (χ1v) is 7.17. The normalized spacial score (nSPS) is 36.4. The summed E-state index contributed by atoms with van der Waals surface area (Å²) in [6.45, 7) is 0. The van der Waals surface area contributed by atoms with E-state index in [0.717, 1.165) is 0 Å². The molecule has 2 rings (SSSR count). The van der Waals surface area contributed by atoms with Gasteiger partial charge in [0.1, 0.15) is 0 Å². The molecule has 0 amide bonds. The average molecular weight is 215 g/mol. The molecule has 3 atom stereocenters. The molecule has 0 spiro atoms.